The van der Waals surface area contributed by atoms with Gasteiger partial charge in [-0.1, -0.05) is 12.2 Å². The first-order chi connectivity index (χ1) is 9.20. The molecule has 20 heavy (non-hydrogen) atoms. The number of carbonyl (C=O) groups is 1. The van der Waals surface area contributed by atoms with Crippen molar-refractivity contribution in [2.75, 3.05) is 6.54 Å². The first kappa shape index (κ1) is 15.7. The Hall–Kier alpha value is -2.37. The van der Waals surface area contributed by atoms with E-state index >= 15 is 0 Å². The second kappa shape index (κ2) is 6.18. The van der Waals surface area contributed by atoms with Gasteiger partial charge in [-0.25, -0.2) is 4.79 Å². The van der Waals surface area contributed by atoms with E-state index in [2.05, 4.69) is 5.32 Å². The number of nitrogens with one attached hydrogen (secondary N) is 1. The summed E-state index contributed by atoms with van der Waals surface area (Å²) < 4.78 is 5.04. The number of rotatable bonds is 3. The van der Waals surface area contributed by atoms with E-state index < -0.39 is 28.9 Å². The lowest BCUT2D eigenvalue weighted by Gasteiger charge is -2.19. The average Bonchev–Trinajstić information content (AvgIpc) is 2.32. The van der Waals surface area contributed by atoms with Gasteiger partial charge < -0.3 is 25.4 Å². The molecule has 0 heterocycles. The quantitative estimate of drug-likeness (QED) is 0.637. The van der Waals surface area contributed by atoms with Crippen molar-refractivity contribution in [1.82, 2.24) is 5.32 Å². The van der Waals surface area contributed by atoms with Crippen LogP contribution in [0.2, 0.25) is 0 Å². The van der Waals surface area contributed by atoms with Gasteiger partial charge in [-0.2, -0.15) is 0 Å². The summed E-state index contributed by atoms with van der Waals surface area (Å²) >= 11 is 0. The molecule has 0 saturated carbocycles. The molecule has 0 bridgehead atoms. The molecule has 0 atom stereocenters. The number of carbonyl (C=O) groups excluding carboxylic acids is 1. The van der Waals surface area contributed by atoms with E-state index in [-0.39, 0.29) is 6.54 Å². The fourth-order valence-electron chi connectivity index (χ4n) is 1.36. The van der Waals surface area contributed by atoms with Crippen LogP contribution in [0.15, 0.2) is 18.2 Å². The third kappa shape index (κ3) is 4.72. The molecule has 6 heteroatoms. The highest BCUT2D eigenvalue weighted by atomic mass is 16.6. The van der Waals surface area contributed by atoms with E-state index in [1.807, 2.05) is 0 Å². The van der Waals surface area contributed by atoms with Gasteiger partial charge in [0.25, 0.3) is 0 Å². The first-order valence-corrected chi connectivity index (χ1v) is 6.08. The maximum Gasteiger partial charge on any atom is 0.407 e. The Morgan fingerprint density at radius 3 is 2.50 bits per heavy atom. The first-order valence-electron chi connectivity index (χ1n) is 6.08. The predicted molar refractivity (Wildman–Crippen MR) is 74.7 cm³/mol. The van der Waals surface area contributed by atoms with Crippen molar-refractivity contribution in [3.8, 4) is 17.2 Å². The van der Waals surface area contributed by atoms with Gasteiger partial charge in [-0.15, -0.1) is 0 Å². The Balaban J connectivity index is 2.54. The van der Waals surface area contributed by atoms with Gasteiger partial charge in [0.05, 0.1) is 0 Å². The molecule has 1 aromatic carbocycles. The monoisotopic (exact) mass is 281 g/mol. The third-order valence-electron chi connectivity index (χ3n) is 2.22. The number of alkyl carbamates (subject to hydrolysis) is 1. The molecule has 0 unspecified atom stereocenters. The number of phenolic OH excluding ortho intramolecular Hbond substituents is 3. The number of hydrogen-bond donors (Lipinski definition) is 4. The van der Waals surface area contributed by atoms with Crippen LogP contribution in [0.1, 0.15) is 26.3 Å². The largest absolute Gasteiger partial charge is 0.504 e. The number of benzene rings is 1. The van der Waals surface area contributed by atoms with Crippen LogP contribution in [-0.4, -0.2) is 33.6 Å². The molecule has 1 amide bonds. The SMILES string of the molecule is CC(C)(C)OC(=O)NCC=Cc1ccc(O)c(O)c1O. The molecule has 1 aromatic rings. The van der Waals surface area contributed by atoms with Crippen molar-refractivity contribution in [2.24, 2.45) is 0 Å². The zero-order chi connectivity index (χ0) is 15.3. The van der Waals surface area contributed by atoms with E-state index in [0.29, 0.717) is 5.56 Å². The number of aromatic hydroxyl groups is 3. The third-order valence-corrected chi connectivity index (χ3v) is 2.22. The fraction of sp³-hybridized carbons (Fsp3) is 0.357. The van der Waals surface area contributed by atoms with Crippen molar-refractivity contribution in [3.63, 3.8) is 0 Å². The van der Waals surface area contributed by atoms with Gasteiger partial charge in [0.1, 0.15) is 5.60 Å². The summed E-state index contributed by atoms with van der Waals surface area (Å²) in [5, 5.41) is 30.6. The van der Waals surface area contributed by atoms with Crippen molar-refractivity contribution in [2.45, 2.75) is 26.4 Å². The Morgan fingerprint density at radius 2 is 1.90 bits per heavy atom. The molecule has 0 aliphatic rings. The molecular formula is C14H19NO5. The molecule has 0 aromatic heterocycles. The van der Waals surface area contributed by atoms with E-state index in [4.69, 9.17) is 9.84 Å². The number of phenols is 3. The van der Waals surface area contributed by atoms with Gasteiger partial charge in [-0.3, -0.25) is 0 Å². The van der Waals surface area contributed by atoms with Crippen LogP contribution in [-0.2, 0) is 4.74 Å². The summed E-state index contributed by atoms with van der Waals surface area (Å²) in [7, 11) is 0. The van der Waals surface area contributed by atoms with Crippen LogP contribution in [0.3, 0.4) is 0 Å². The Bertz CT molecular complexity index is 517. The standard InChI is InChI=1S/C14H19NO5/c1-14(2,3)20-13(19)15-8-4-5-9-6-7-10(16)12(18)11(9)17/h4-7,16-18H,8H2,1-3H3,(H,15,19). The fourth-order valence-corrected chi connectivity index (χ4v) is 1.36. The van der Waals surface area contributed by atoms with Gasteiger partial charge in [0.15, 0.2) is 11.5 Å². The van der Waals surface area contributed by atoms with Gasteiger partial charge in [0.2, 0.25) is 5.75 Å². The Labute approximate surface area is 117 Å². The van der Waals surface area contributed by atoms with Crippen LogP contribution in [0, 0.1) is 0 Å². The zero-order valence-corrected chi connectivity index (χ0v) is 11.7. The van der Waals surface area contributed by atoms with Crippen molar-refractivity contribution < 1.29 is 24.9 Å². The lowest BCUT2D eigenvalue weighted by molar-refractivity contribution is 0.0534. The van der Waals surface area contributed by atoms with E-state index in [9.17, 15) is 15.0 Å². The lowest BCUT2D eigenvalue weighted by atomic mass is 10.1. The van der Waals surface area contributed by atoms with Gasteiger partial charge >= 0.3 is 6.09 Å². The molecular weight excluding hydrogens is 262 g/mol. The second-order valence-electron chi connectivity index (χ2n) is 5.16. The molecule has 0 fully saturated rings. The summed E-state index contributed by atoms with van der Waals surface area (Å²) in [5.74, 6) is -1.39. The van der Waals surface area contributed by atoms with Crippen LogP contribution in [0.4, 0.5) is 4.79 Å². The summed E-state index contributed by atoms with van der Waals surface area (Å²) in [4.78, 5) is 11.3. The Kier molecular flexibility index (Phi) is 4.85. The molecule has 4 N–H and O–H groups in total. The Morgan fingerprint density at radius 1 is 1.25 bits per heavy atom. The summed E-state index contributed by atoms with van der Waals surface area (Å²) in [6.07, 6.45) is 2.54. The van der Waals surface area contributed by atoms with Crippen LogP contribution in [0.25, 0.3) is 6.08 Å². The number of amides is 1. The van der Waals surface area contributed by atoms with Crippen molar-refractivity contribution >= 4 is 12.2 Å². The highest BCUT2D eigenvalue weighted by Crippen LogP contribution is 2.37. The highest BCUT2D eigenvalue weighted by Gasteiger charge is 2.15. The molecule has 0 aliphatic heterocycles. The van der Waals surface area contributed by atoms with E-state index in [0.717, 1.165) is 0 Å². The topological polar surface area (TPSA) is 99.0 Å². The minimum atomic E-state index is -0.577. The van der Waals surface area contributed by atoms with E-state index in [1.54, 1.807) is 26.8 Å². The smallest absolute Gasteiger partial charge is 0.407 e. The van der Waals surface area contributed by atoms with Crippen molar-refractivity contribution in [3.05, 3.63) is 23.8 Å². The number of hydrogen-bond acceptors (Lipinski definition) is 5. The molecule has 0 spiro atoms. The zero-order valence-electron chi connectivity index (χ0n) is 11.7. The predicted octanol–water partition coefficient (Wildman–Crippen LogP) is 2.34. The summed E-state index contributed by atoms with van der Waals surface area (Å²) in [6.45, 7) is 5.50. The average molecular weight is 281 g/mol. The molecule has 0 aliphatic carbocycles. The highest BCUT2D eigenvalue weighted by molar-refractivity contribution is 5.69. The van der Waals surface area contributed by atoms with Crippen molar-refractivity contribution in [1.29, 1.82) is 0 Å². The summed E-state index contributed by atoms with van der Waals surface area (Å²) in [5.41, 5.74) is -0.235. The minimum Gasteiger partial charge on any atom is -0.504 e. The normalized spacial score (nSPS) is 11.6. The summed E-state index contributed by atoms with van der Waals surface area (Å²) in [6, 6.07) is 2.70. The number of ether oxygens (including phenoxy) is 1. The van der Waals surface area contributed by atoms with Gasteiger partial charge in [0, 0.05) is 12.1 Å². The van der Waals surface area contributed by atoms with Crippen LogP contribution in [0.5, 0.6) is 17.2 Å². The molecule has 1 rings (SSSR count). The maximum absolute atomic E-state index is 11.3. The second-order valence-corrected chi connectivity index (χ2v) is 5.16. The minimum absolute atomic E-state index is 0.204. The molecule has 110 valence electrons. The molecule has 6 nitrogen and oxygen atoms in total. The molecule has 0 saturated heterocycles. The van der Waals surface area contributed by atoms with Gasteiger partial charge in [-0.05, 0) is 32.9 Å². The van der Waals surface area contributed by atoms with Crippen LogP contribution >= 0.6 is 0 Å². The lowest BCUT2D eigenvalue weighted by Crippen LogP contribution is -2.32. The maximum atomic E-state index is 11.3. The molecule has 0 radical (unpaired) electrons. The van der Waals surface area contributed by atoms with E-state index in [1.165, 1.54) is 18.2 Å². The van der Waals surface area contributed by atoms with Crippen LogP contribution < -0.4 is 5.32 Å².